The first kappa shape index (κ1) is 11.8. The van der Waals surface area contributed by atoms with E-state index in [-0.39, 0.29) is 20.3 Å². The summed E-state index contributed by atoms with van der Waals surface area (Å²) in [7, 11) is 0. The van der Waals surface area contributed by atoms with Crippen molar-refractivity contribution >= 4 is 36.0 Å². The average molecular weight is 323 g/mol. The first-order chi connectivity index (χ1) is 8.74. The molecule has 0 amide bonds. The molecular weight excluding hydrogens is 313 g/mol. The van der Waals surface area contributed by atoms with E-state index in [1.165, 1.54) is 4.26 Å². The summed E-state index contributed by atoms with van der Waals surface area (Å²) in [5.74, 6) is 0. The Kier molecular flexibility index (Phi) is 3.12. The van der Waals surface area contributed by atoms with Gasteiger partial charge < -0.3 is 0 Å². The monoisotopic (exact) mass is 323 g/mol. The van der Waals surface area contributed by atoms with Crippen LogP contribution < -0.4 is 5.56 Å². The summed E-state index contributed by atoms with van der Waals surface area (Å²) in [5, 5.41) is 1.58. The van der Waals surface area contributed by atoms with Gasteiger partial charge in [-0.2, -0.15) is 0 Å². The van der Waals surface area contributed by atoms with Gasteiger partial charge in [-0.25, -0.2) is 0 Å². The van der Waals surface area contributed by atoms with Gasteiger partial charge in [-0.15, -0.1) is 0 Å². The molecule has 0 aliphatic heterocycles. The van der Waals surface area contributed by atoms with Crippen molar-refractivity contribution in [2.24, 2.45) is 0 Å². The molecule has 0 saturated carbocycles. The second-order valence-corrected chi connectivity index (χ2v) is 6.72. The number of hydrogen-bond donors (Lipinski definition) is 0. The quantitative estimate of drug-likeness (QED) is 0.665. The molecule has 0 aliphatic carbocycles. The number of hydrogen-bond acceptors (Lipinski definition) is 1. The molecular formula is C14H10ClNOSe. The molecule has 0 bridgehead atoms. The van der Waals surface area contributed by atoms with Crippen LogP contribution in [0, 0.1) is 0 Å². The van der Waals surface area contributed by atoms with Gasteiger partial charge in [0.15, 0.2) is 0 Å². The molecule has 0 N–H and O–H groups in total. The molecule has 2 nitrogen and oxygen atoms in total. The van der Waals surface area contributed by atoms with E-state index in [0.29, 0.717) is 6.54 Å². The van der Waals surface area contributed by atoms with Crippen molar-refractivity contribution in [3.05, 3.63) is 69.5 Å². The van der Waals surface area contributed by atoms with Gasteiger partial charge in [0.2, 0.25) is 0 Å². The Bertz CT molecular complexity index is 742. The Morgan fingerprint density at radius 2 is 1.78 bits per heavy atom. The van der Waals surface area contributed by atoms with Crippen LogP contribution in [-0.4, -0.2) is 18.3 Å². The van der Waals surface area contributed by atoms with Crippen molar-refractivity contribution in [3.63, 3.8) is 0 Å². The molecule has 1 heterocycles. The van der Waals surface area contributed by atoms with Crippen LogP contribution in [0.4, 0.5) is 0 Å². The molecule has 0 fully saturated rings. The van der Waals surface area contributed by atoms with E-state index < -0.39 is 0 Å². The van der Waals surface area contributed by atoms with Gasteiger partial charge in [0.1, 0.15) is 0 Å². The molecule has 0 atom stereocenters. The van der Waals surface area contributed by atoms with Gasteiger partial charge in [0.05, 0.1) is 0 Å². The van der Waals surface area contributed by atoms with Crippen LogP contribution in [-0.2, 0) is 6.54 Å². The number of aromatic nitrogens is 1. The summed E-state index contributed by atoms with van der Waals surface area (Å²) in [6.45, 7) is 0.657. The van der Waals surface area contributed by atoms with Crippen molar-refractivity contribution in [2.45, 2.75) is 6.54 Å². The van der Waals surface area contributed by atoms with Gasteiger partial charge >= 0.3 is 116 Å². The number of halogens is 1. The van der Waals surface area contributed by atoms with Gasteiger partial charge in [-0.05, 0) is 0 Å². The first-order valence-corrected chi connectivity index (χ1v) is 7.57. The zero-order chi connectivity index (χ0) is 12.5. The summed E-state index contributed by atoms with van der Waals surface area (Å²) in [5.41, 5.74) is 1.25. The van der Waals surface area contributed by atoms with E-state index in [1.54, 1.807) is 0 Å². The molecule has 90 valence electrons. The summed E-state index contributed by atoms with van der Waals surface area (Å²) < 4.78 is 3.09. The Balaban J connectivity index is 2.02. The number of nitrogens with zero attached hydrogens (tertiary/aromatic N) is 1. The first-order valence-electron chi connectivity index (χ1n) is 5.57. The van der Waals surface area contributed by atoms with Gasteiger partial charge in [0.25, 0.3) is 0 Å². The third-order valence-electron chi connectivity index (χ3n) is 2.79. The zero-order valence-electron chi connectivity index (χ0n) is 9.47. The number of rotatable bonds is 2. The molecule has 0 saturated heterocycles. The van der Waals surface area contributed by atoms with E-state index in [0.717, 1.165) is 16.0 Å². The standard InChI is InChI=1S/C14H10ClNOSe/c15-11-7-5-10(6-8-11)9-16-14(17)12-3-1-2-4-13(12)18-16/h1-8H,9H2. The SMILES string of the molecule is O=c1c2ccccc2[se]n1Cc1ccc(Cl)cc1. The molecule has 0 radical (unpaired) electrons. The molecule has 0 spiro atoms. The predicted molar refractivity (Wildman–Crippen MR) is 75.7 cm³/mol. The Labute approximate surface area is 115 Å². The molecule has 0 unspecified atom stereocenters. The van der Waals surface area contributed by atoms with Crippen LogP contribution >= 0.6 is 11.6 Å². The van der Waals surface area contributed by atoms with E-state index >= 15 is 0 Å². The molecule has 0 aliphatic rings. The van der Waals surface area contributed by atoms with Crippen molar-refractivity contribution < 1.29 is 0 Å². The molecule has 3 rings (SSSR count). The Morgan fingerprint density at radius 1 is 1.06 bits per heavy atom. The van der Waals surface area contributed by atoms with Crippen LogP contribution in [0.25, 0.3) is 9.65 Å². The third kappa shape index (κ3) is 2.17. The van der Waals surface area contributed by atoms with Crippen molar-refractivity contribution in [2.75, 3.05) is 0 Å². The van der Waals surface area contributed by atoms with E-state index in [1.807, 2.05) is 52.1 Å². The molecule has 4 heteroatoms. The second kappa shape index (κ2) is 4.77. The van der Waals surface area contributed by atoms with Crippen molar-refractivity contribution in [1.29, 1.82) is 0 Å². The average Bonchev–Trinajstić information content (AvgIpc) is 2.70. The Hall–Kier alpha value is -1.28. The summed E-state index contributed by atoms with van der Waals surface area (Å²) in [6.07, 6.45) is 0. The van der Waals surface area contributed by atoms with Crippen LogP contribution in [0.15, 0.2) is 53.3 Å². The van der Waals surface area contributed by atoms with Crippen molar-refractivity contribution in [1.82, 2.24) is 3.56 Å². The normalized spacial score (nSPS) is 10.9. The van der Waals surface area contributed by atoms with Crippen molar-refractivity contribution in [3.8, 4) is 0 Å². The minimum atomic E-state index is 0.0906. The zero-order valence-corrected chi connectivity index (χ0v) is 11.9. The minimum absolute atomic E-state index is 0.0906. The van der Waals surface area contributed by atoms with Crippen LogP contribution in [0.3, 0.4) is 0 Å². The van der Waals surface area contributed by atoms with E-state index in [9.17, 15) is 4.79 Å². The van der Waals surface area contributed by atoms with Gasteiger partial charge in [0, 0.05) is 0 Å². The van der Waals surface area contributed by atoms with E-state index in [4.69, 9.17) is 11.6 Å². The van der Waals surface area contributed by atoms with Gasteiger partial charge in [-0.1, -0.05) is 0 Å². The number of fused-ring (bicyclic) bond motifs is 1. The fourth-order valence-corrected chi connectivity index (χ4v) is 4.15. The summed E-state index contributed by atoms with van der Waals surface area (Å²) in [6, 6.07) is 15.5. The van der Waals surface area contributed by atoms with Crippen LogP contribution in [0.1, 0.15) is 5.56 Å². The maximum absolute atomic E-state index is 12.2. The molecule has 18 heavy (non-hydrogen) atoms. The molecule has 3 aromatic rings. The predicted octanol–water partition coefficient (Wildman–Crippen LogP) is 2.76. The fraction of sp³-hybridized carbons (Fsp3) is 0.0714. The topological polar surface area (TPSA) is 22.0 Å². The summed E-state index contributed by atoms with van der Waals surface area (Å²) >= 11 is 5.94. The number of benzene rings is 2. The van der Waals surface area contributed by atoms with Crippen LogP contribution in [0.2, 0.25) is 5.02 Å². The summed E-state index contributed by atoms with van der Waals surface area (Å²) in [4.78, 5) is 12.2. The van der Waals surface area contributed by atoms with E-state index in [2.05, 4.69) is 0 Å². The molecule has 1 aromatic heterocycles. The maximum atomic E-state index is 12.2. The second-order valence-electron chi connectivity index (χ2n) is 4.06. The van der Waals surface area contributed by atoms with Crippen LogP contribution in [0.5, 0.6) is 0 Å². The fourth-order valence-electron chi connectivity index (χ4n) is 1.88. The Morgan fingerprint density at radius 3 is 2.50 bits per heavy atom. The van der Waals surface area contributed by atoms with Gasteiger partial charge in [-0.3, -0.25) is 0 Å². The molecule has 2 aromatic carbocycles. The third-order valence-corrected chi connectivity index (χ3v) is 5.28.